The molecule has 0 radical (unpaired) electrons. The van der Waals surface area contributed by atoms with E-state index in [9.17, 15) is 4.57 Å². The molecular formula is C6H14KO2PS2. The normalized spacial score (nSPS) is 14.9. The van der Waals surface area contributed by atoms with Crippen LogP contribution in [-0.4, -0.2) is 12.4 Å². The van der Waals surface area contributed by atoms with Crippen molar-refractivity contribution < 1.29 is 60.5 Å². The van der Waals surface area contributed by atoms with Crippen LogP contribution in [-0.2, 0) is 21.3 Å². The van der Waals surface area contributed by atoms with Crippen LogP contribution in [0.5, 0.6) is 0 Å². The van der Waals surface area contributed by atoms with Crippen LogP contribution in [0.4, 0.5) is 0 Å². The molecule has 6 heteroatoms. The fraction of sp³-hybridized carbons (Fsp3) is 1.00. The van der Waals surface area contributed by atoms with E-state index in [0.717, 1.165) is 18.6 Å². The molecule has 0 spiro atoms. The van der Waals surface area contributed by atoms with E-state index in [-0.39, 0.29) is 51.4 Å². The summed E-state index contributed by atoms with van der Waals surface area (Å²) in [5.41, 5.74) is 0. The minimum Gasteiger partial charge on any atom is -0.678 e. The Hall–Kier alpha value is 2.53. The van der Waals surface area contributed by atoms with E-state index >= 15 is 0 Å². The maximum atomic E-state index is 11.3. The fourth-order valence-electron chi connectivity index (χ4n) is 0.443. The van der Waals surface area contributed by atoms with Gasteiger partial charge in [0.2, 0.25) is 0 Å². The van der Waals surface area contributed by atoms with Gasteiger partial charge in [0.1, 0.15) is 5.77 Å². The first-order valence-corrected chi connectivity index (χ1v) is 7.95. The minimum atomic E-state index is -2.73. The molecule has 2 nitrogen and oxygen atoms in total. The predicted molar refractivity (Wildman–Crippen MR) is 54.0 cm³/mol. The summed E-state index contributed by atoms with van der Waals surface area (Å²) in [5.74, 6) is -1.90. The van der Waals surface area contributed by atoms with Crippen LogP contribution in [0.25, 0.3) is 0 Å². The quantitative estimate of drug-likeness (QED) is 0.384. The molecule has 1 unspecified atom stereocenters. The third-order valence-electron chi connectivity index (χ3n) is 0.907. The van der Waals surface area contributed by atoms with Crippen LogP contribution in [0, 0.1) is 0 Å². The van der Waals surface area contributed by atoms with Gasteiger partial charge in [-0.3, -0.25) is 0 Å². The third kappa shape index (κ3) is 10.6. The van der Waals surface area contributed by atoms with Gasteiger partial charge in [0.15, 0.2) is 0 Å². The van der Waals surface area contributed by atoms with Crippen molar-refractivity contribution in [2.45, 2.75) is 26.7 Å². The summed E-state index contributed by atoms with van der Waals surface area (Å²) < 4.78 is 16.3. The molecule has 68 valence electrons. The van der Waals surface area contributed by atoms with Crippen molar-refractivity contribution in [3.63, 3.8) is 0 Å². The average molecular weight is 252 g/mol. The van der Waals surface area contributed by atoms with Crippen molar-refractivity contribution in [1.29, 1.82) is 0 Å². The van der Waals surface area contributed by atoms with E-state index in [1.54, 1.807) is 0 Å². The van der Waals surface area contributed by atoms with Crippen molar-refractivity contribution in [1.82, 2.24) is 0 Å². The van der Waals surface area contributed by atoms with E-state index in [4.69, 9.17) is 16.8 Å². The zero-order valence-corrected chi connectivity index (χ0v) is 13.6. The first kappa shape index (κ1) is 16.9. The van der Waals surface area contributed by atoms with Crippen LogP contribution in [0.15, 0.2) is 0 Å². The minimum absolute atomic E-state index is 0. The molecule has 0 aliphatic carbocycles. The smallest absolute Gasteiger partial charge is 0.678 e. The summed E-state index contributed by atoms with van der Waals surface area (Å²) in [6.45, 7) is 4.51. The van der Waals surface area contributed by atoms with Gasteiger partial charge in [-0.1, -0.05) is 25.2 Å². The molecule has 12 heavy (non-hydrogen) atoms. The van der Waals surface area contributed by atoms with Crippen molar-refractivity contribution in [3.8, 4) is 0 Å². The Labute approximate surface area is 127 Å². The van der Waals surface area contributed by atoms with Crippen molar-refractivity contribution >= 4 is 29.4 Å². The van der Waals surface area contributed by atoms with Gasteiger partial charge in [-0.15, -0.1) is 0 Å². The second-order valence-corrected chi connectivity index (χ2v) is 8.29. The molecule has 0 saturated heterocycles. The van der Waals surface area contributed by atoms with Crippen molar-refractivity contribution in [2.24, 2.45) is 0 Å². The average Bonchev–Trinajstić information content (AvgIpc) is 1.97. The van der Waals surface area contributed by atoms with Gasteiger partial charge in [0.25, 0.3) is 0 Å². The van der Waals surface area contributed by atoms with Crippen molar-refractivity contribution in [2.75, 3.05) is 12.4 Å². The number of rotatable bonds is 6. The Morgan fingerprint density at radius 2 is 2.00 bits per heavy atom. The van der Waals surface area contributed by atoms with Gasteiger partial charge in [-0.05, 0) is 12.8 Å². The Morgan fingerprint density at radius 3 is 2.42 bits per heavy atom. The molecular weight excluding hydrogens is 238 g/mol. The van der Waals surface area contributed by atoms with Crippen molar-refractivity contribution in [3.05, 3.63) is 0 Å². The standard InChI is InChI=1S/C6H15O2PS2.K/c1-3-5-8-9(7,10)11-6-4-2;/h3-6H2,1-2H3,(H,7,10);/q;+1/p-1. The van der Waals surface area contributed by atoms with Gasteiger partial charge in [0.05, 0.1) is 6.61 Å². The molecule has 0 aliphatic rings. The fourth-order valence-corrected chi connectivity index (χ4v) is 3.89. The summed E-state index contributed by atoms with van der Waals surface area (Å²) in [5, 5.41) is 0. The molecule has 0 saturated carbocycles. The molecule has 0 aromatic carbocycles. The molecule has 0 aromatic rings. The SMILES string of the molecule is CCCOP(=O)([S-])SCCC.[K+]. The largest absolute Gasteiger partial charge is 1.00 e. The predicted octanol–water partition coefficient (Wildman–Crippen LogP) is 0.215. The molecule has 1 atom stereocenters. The van der Waals surface area contributed by atoms with Gasteiger partial charge < -0.3 is 21.3 Å². The first-order valence-electron chi connectivity index (χ1n) is 3.72. The monoisotopic (exact) mass is 252 g/mol. The Balaban J connectivity index is 0. The van der Waals surface area contributed by atoms with Crippen LogP contribution in [0.3, 0.4) is 0 Å². The first-order chi connectivity index (χ1) is 5.12. The molecule has 0 heterocycles. The topological polar surface area (TPSA) is 26.3 Å². The Bertz CT molecular complexity index is 134. The molecule has 0 fully saturated rings. The summed E-state index contributed by atoms with van der Waals surface area (Å²) in [6.07, 6.45) is 1.86. The summed E-state index contributed by atoms with van der Waals surface area (Å²) in [7, 11) is 0. The molecule has 0 aliphatic heterocycles. The Kier molecular flexibility index (Phi) is 14.2. The summed E-state index contributed by atoms with van der Waals surface area (Å²) >= 11 is 6.04. The second kappa shape index (κ2) is 10.1. The van der Waals surface area contributed by atoms with Gasteiger partial charge in [-0.2, -0.15) is 0 Å². The van der Waals surface area contributed by atoms with Gasteiger partial charge >= 0.3 is 51.4 Å². The zero-order chi connectivity index (χ0) is 8.74. The molecule has 0 aromatic heterocycles. The van der Waals surface area contributed by atoms with Crippen LogP contribution in [0.2, 0.25) is 0 Å². The van der Waals surface area contributed by atoms with E-state index in [1.165, 1.54) is 11.4 Å². The number of hydrogen-bond donors (Lipinski definition) is 0. The van der Waals surface area contributed by atoms with E-state index in [1.807, 2.05) is 13.8 Å². The zero-order valence-electron chi connectivity index (χ0n) is 7.91. The summed E-state index contributed by atoms with van der Waals surface area (Å²) in [4.78, 5) is 0. The van der Waals surface area contributed by atoms with Gasteiger partial charge in [-0.25, -0.2) is 0 Å². The van der Waals surface area contributed by atoms with E-state index in [2.05, 4.69) is 0 Å². The van der Waals surface area contributed by atoms with Crippen LogP contribution < -0.4 is 51.4 Å². The van der Waals surface area contributed by atoms with Crippen LogP contribution >= 0.6 is 17.2 Å². The third-order valence-corrected chi connectivity index (χ3v) is 5.39. The van der Waals surface area contributed by atoms with E-state index < -0.39 is 5.77 Å². The van der Waals surface area contributed by atoms with Gasteiger partial charge in [0, 0.05) is 5.75 Å². The van der Waals surface area contributed by atoms with Crippen LogP contribution in [0.1, 0.15) is 26.7 Å². The molecule has 0 bridgehead atoms. The second-order valence-electron chi connectivity index (χ2n) is 2.11. The number of hydrogen-bond acceptors (Lipinski definition) is 4. The molecule has 0 amide bonds. The summed E-state index contributed by atoms with van der Waals surface area (Å²) in [6, 6.07) is 0. The maximum Gasteiger partial charge on any atom is 1.00 e. The Morgan fingerprint density at radius 1 is 1.42 bits per heavy atom. The molecule has 0 rings (SSSR count). The van der Waals surface area contributed by atoms with E-state index in [0.29, 0.717) is 6.61 Å². The molecule has 0 N–H and O–H groups in total. The maximum absolute atomic E-state index is 11.3.